The van der Waals surface area contributed by atoms with E-state index in [9.17, 15) is 14.4 Å². The van der Waals surface area contributed by atoms with Gasteiger partial charge in [-0.1, -0.05) is 18.2 Å². The number of para-hydroxylation sites is 1. The van der Waals surface area contributed by atoms with Crippen LogP contribution in [-0.2, 0) is 14.4 Å². The first-order valence-corrected chi connectivity index (χ1v) is 7.02. The number of nitrogens with zero attached hydrogens (tertiary/aromatic N) is 1. The van der Waals surface area contributed by atoms with Crippen LogP contribution in [0.1, 0.15) is 12.8 Å². The largest absolute Gasteiger partial charge is 0.481 e. The van der Waals surface area contributed by atoms with Gasteiger partial charge >= 0.3 is 11.9 Å². The third-order valence-corrected chi connectivity index (χ3v) is 3.67. The smallest absolute Gasteiger partial charge is 0.326 e. The van der Waals surface area contributed by atoms with E-state index in [0.29, 0.717) is 19.5 Å². The fraction of sp³-hybridized carbons (Fsp3) is 0.400. The first-order valence-electron chi connectivity index (χ1n) is 7.02. The fourth-order valence-corrected chi connectivity index (χ4v) is 2.51. The summed E-state index contributed by atoms with van der Waals surface area (Å²) in [7, 11) is 0. The number of carboxylic acid groups (broad SMARTS) is 2. The highest BCUT2D eigenvalue weighted by molar-refractivity contribution is 5.88. The number of rotatable bonds is 6. The van der Waals surface area contributed by atoms with E-state index >= 15 is 0 Å². The lowest BCUT2D eigenvalue weighted by Crippen LogP contribution is -2.45. The molecule has 3 N–H and O–H groups in total. The van der Waals surface area contributed by atoms with Gasteiger partial charge < -0.3 is 20.4 Å². The van der Waals surface area contributed by atoms with Gasteiger partial charge in [0, 0.05) is 18.8 Å². The van der Waals surface area contributed by atoms with Crippen LogP contribution in [0.2, 0.25) is 0 Å². The molecule has 1 aliphatic rings. The molecule has 22 heavy (non-hydrogen) atoms. The van der Waals surface area contributed by atoms with Crippen molar-refractivity contribution < 1.29 is 24.6 Å². The Hall–Kier alpha value is -2.57. The number of aliphatic carboxylic acids is 2. The van der Waals surface area contributed by atoms with E-state index in [0.717, 1.165) is 5.69 Å². The predicted molar refractivity (Wildman–Crippen MR) is 78.6 cm³/mol. The van der Waals surface area contributed by atoms with Crippen molar-refractivity contribution in [3.05, 3.63) is 30.3 Å². The van der Waals surface area contributed by atoms with Crippen LogP contribution in [-0.4, -0.2) is 47.2 Å². The van der Waals surface area contributed by atoms with E-state index in [2.05, 4.69) is 10.2 Å². The minimum Gasteiger partial charge on any atom is -0.481 e. The molecule has 1 aromatic carbocycles. The molecule has 2 atom stereocenters. The van der Waals surface area contributed by atoms with Gasteiger partial charge in [-0.05, 0) is 18.6 Å². The number of carboxylic acids is 2. The van der Waals surface area contributed by atoms with Gasteiger partial charge in [-0.3, -0.25) is 9.59 Å². The Kier molecular flexibility index (Phi) is 4.98. The quantitative estimate of drug-likeness (QED) is 0.709. The maximum Gasteiger partial charge on any atom is 0.326 e. The minimum absolute atomic E-state index is 0.337. The van der Waals surface area contributed by atoms with Crippen LogP contribution in [0.3, 0.4) is 0 Å². The molecule has 0 spiro atoms. The molecule has 7 heteroatoms. The second kappa shape index (κ2) is 6.93. The molecule has 1 fully saturated rings. The number of amides is 1. The number of anilines is 1. The number of carbonyl (C=O) groups is 3. The summed E-state index contributed by atoms with van der Waals surface area (Å²) in [6.07, 6.45) is -0.0175. The van der Waals surface area contributed by atoms with Crippen LogP contribution < -0.4 is 10.2 Å². The third-order valence-electron chi connectivity index (χ3n) is 3.67. The van der Waals surface area contributed by atoms with Crippen LogP contribution in [0, 0.1) is 5.92 Å². The van der Waals surface area contributed by atoms with E-state index < -0.39 is 30.3 Å². The van der Waals surface area contributed by atoms with E-state index in [1.165, 1.54) is 0 Å². The highest BCUT2D eigenvalue weighted by atomic mass is 16.4. The summed E-state index contributed by atoms with van der Waals surface area (Å²) < 4.78 is 0. The van der Waals surface area contributed by atoms with Crippen LogP contribution in [0.4, 0.5) is 5.69 Å². The van der Waals surface area contributed by atoms with Gasteiger partial charge in [-0.15, -0.1) is 0 Å². The molecule has 2 unspecified atom stereocenters. The Balaban J connectivity index is 1.93. The van der Waals surface area contributed by atoms with Crippen LogP contribution in [0.5, 0.6) is 0 Å². The molecule has 1 aliphatic heterocycles. The summed E-state index contributed by atoms with van der Waals surface area (Å²) >= 11 is 0. The van der Waals surface area contributed by atoms with Crippen molar-refractivity contribution in [1.82, 2.24) is 5.32 Å². The standard InChI is InChI=1S/C15H18N2O5/c18-13(19)8-12(15(21)22)16-14(20)10-6-7-17(9-10)11-4-2-1-3-5-11/h1-5,10,12H,6-9H2,(H,16,20)(H,18,19)(H,21,22). The van der Waals surface area contributed by atoms with Crippen molar-refractivity contribution in [2.45, 2.75) is 18.9 Å². The summed E-state index contributed by atoms with van der Waals surface area (Å²) in [6, 6.07) is 8.24. The normalized spacial score (nSPS) is 18.7. The van der Waals surface area contributed by atoms with E-state index in [4.69, 9.17) is 10.2 Å². The Morgan fingerprint density at radius 3 is 2.50 bits per heavy atom. The number of benzene rings is 1. The lowest BCUT2D eigenvalue weighted by atomic mass is 10.1. The molecule has 1 aromatic rings. The lowest BCUT2D eigenvalue weighted by Gasteiger charge is -2.19. The van der Waals surface area contributed by atoms with E-state index in [-0.39, 0.29) is 5.92 Å². The number of nitrogens with one attached hydrogen (secondary N) is 1. The Morgan fingerprint density at radius 2 is 1.91 bits per heavy atom. The van der Waals surface area contributed by atoms with Gasteiger partial charge in [0.05, 0.1) is 12.3 Å². The first kappa shape index (κ1) is 15.8. The van der Waals surface area contributed by atoms with Crippen LogP contribution in [0.15, 0.2) is 30.3 Å². The predicted octanol–water partition coefficient (Wildman–Crippen LogP) is 0.557. The van der Waals surface area contributed by atoms with Gasteiger partial charge in [-0.2, -0.15) is 0 Å². The molecule has 118 valence electrons. The highest BCUT2D eigenvalue weighted by Gasteiger charge is 2.31. The third kappa shape index (κ3) is 3.97. The van der Waals surface area contributed by atoms with Gasteiger partial charge in [0.2, 0.25) is 5.91 Å². The fourth-order valence-electron chi connectivity index (χ4n) is 2.51. The van der Waals surface area contributed by atoms with Gasteiger partial charge in [0.15, 0.2) is 0 Å². The molecule has 0 saturated carbocycles. The summed E-state index contributed by atoms with van der Waals surface area (Å²) in [5.41, 5.74) is 1.01. The van der Waals surface area contributed by atoms with E-state index in [1.807, 2.05) is 30.3 Å². The lowest BCUT2D eigenvalue weighted by molar-refractivity contribution is -0.147. The van der Waals surface area contributed by atoms with Gasteiger partial charge in [0.1, 0.15) is 6.04 Å². The maximum absolute atomic E-state index is 12.1. The van der Waals surface area contributed by atoms with Crippen molar-refractivity contribution in [2.24, 2.45) is 5.92 Å². The molecule has 0 bridgehead atoms. The SMILES string of the molecule is O=C(O)CC(NC(=O)C1CCN(c2ccccc2)C1)C(=O)O. The molecule has 0 aromatic heterocycles. The Labute approximate surface area is 127 Å². The topological polar surface area (TPSA) is 107 Å². The molecular formula is C15H18N2O5. The molecule has 0 aliphatic carbocycles. The van der Waals surface area contributed by atoms with Crippen LogP contribution in [0.25, 0.3) is 0 Å². The second-order valence-corrected chi connectivity index (χ2v) is 5.26. The molecule has 2 rings (SSSR count). The van der Waals surface area contributed by atoms with Crippen molar-refractivity contribution in [2.75, 3.05) is 18.0 Å². The average Bonchev–Trinajstić information content (AvgIpc) is 2.96. The molecule has 0 radical (unpaired) electrons. The van der Waals surface area contributed by atoms with Crippen LogP contribution >= 0.6 is 0 Å². The number of carbonyl (C=O) groups excluding carboxylic acids is 1. The molecular weight excluding hydrogens is 288 g/mol. The average molecular weight is 306 g/mol. The summed E-state index contributed by atoms with van der Waals surface area (Å²) in [5, 5.41) is 20.0. The zero-order valence-electron chi connectivity index (χ0n) is 11.9. The summed E-state index contributed by atoms with van der Waals surface area (Å²) in [4.78, 5) is 35.8. The van der Waals surface area contributed by atoms with Crippen molar-refractivity contribution in [3.8, 4) is 0 Å². The molecule has 7 nitrogen and oxygen atoms in total. The minimum atomic E-state index is -1.39. The van der Waals surface area contributed by atoms with Gasteiger partial charge in [0.25, 0.3) is 0 Å². The monoisotopic (exact) mass is 306 g/mol. The van der Waals surface area contributed by atoms with Crippen molar-refractivity contribution in [3.63, 3.8) is 0 Å². The Bertz CT molecular complexity index is 560. The summed E-state index contributed by atoms with van der Waals surface area (Å²) in [5.74, 6) is -3.35. The second-order valence-electron chi connectivity index (χ2n) is 5.26. The zero-order chi connectivity index (χ0) is 16.1. The van der Waals surface area contributed by atoms with Gasteiger partial charge in [-0.25, -0.2) is 4.79 Å². The molecule has 1 amide bonds. The summed E-state index contributed by atoms with van der Waals surface area (Å²) in [6.45, 7) is 1.20. The number of hydrogen-bond donors (Lipinski definition) is 3. The first-order chi connectivity index (χ1) is 10.5. The molecule has 1 heterocycles. The van der Waals surface area contributed by atoms with Crippen molar-refractivity contribution >= 4 is 23.5 Å². The molecule has 1 saturated heterocycles. The Morgan fingerprint density at radius 1 is 1.23 bits per heavy atom. The number of hydrogen-bond acceptors (Lipinski definition) is 4. The van der Waals surface area contributed by atoms with E-state index in [1.54, 1.807) is 0 Å². The zero-order valence-corrected chi connectivity index (χ0v) is 11.9. The highest BCUT2D eigenvalue weighted by Crippen LogP contribution is 2.23. The maximum atomic E-state index is 12.1. The van der Waals surface area contributed by atoms with Crippen molar-refractivity contribution in [1.29, 1.82) is 0 Å².